The van der Waals surface area contributed by atoms with Gasteiger partial charge < -0.3 is 5.11 Å². The van der Waals surface area contributed by atoms with Crippen molar-refractivity contribution in [2.24, 2.45) is 0 Å². The van der Waals surface area contributed by atoms with Gasteiger partial charge in [-0.05, 0) is 12.1 Å². The standard InChI is InChI=1S/C12H11FN2O3/c13-9-3-1-2-4-10(9)15-8-7-14(12(15)18)6-5-11(16)17/h1-4,7-8H,5-6H2,(H,16,17). The van der Waals surface area contributed by atoms with Crippen LogP contribution in [0.1, 0.15) is 6.42 Å². The van der Waals surface area contributed by atoms with Crippen molar-refractivity contribution in [1.29, 1.82) is 0 Å². The van der Waals surface area contributed by atoms with E-state index in [0.717, 1.165) is 4.57 Å². The van der Waals surface area contributed by atoms with Crippen LogP contribution in [-0.2, 0) is 11.3 Å². The number of benzene rings is 1. The molecule has 6 heteroatoms. The van der Waals surface area contributed by atoms with Crippen LogP contribution < -0.4 is 5.69 Å². The van der Waals surface area contributed by atoms with Crippen molar-refractivity contribution in [2.45, 2.75) is 13.0 Å². The van der Waals surface area contributed by atoms with Gasteiger partial charge in [0.2, 0.25) is 0 Å². The highest BCUT2D eigenvalue weighted by Crippen LogP contribution is 2.10. The maximum Gasteiger partial charge on any atom is 0.332 e. The van der Waals surface area contributed by atoms with Gasteiger partial charge in [-0.3, -0.25) is 13.9 Å². The summed E-state index contributed by atoms with van der Waals surface area (Å²) < 4.78 is 15.9. The van der Waals surface area contributed by atoms with Gasteiger partial charge in [0.05, 0.1) is 12.1 Å². The first kappa shape index (κ1) is 12.1. The predicted octanol–water partition coefficient (Wildman–Crippen LogP) is 1.25. The lowest BCUT2D eigenvalue weighted by Gasteiger charge is -2.02. The number of halogens is 1. The van der Waals surface area contributed by atoms with Gasteiger partial charge >= 0.3 is 11.7 Å². The molecule has 0 bridgehead atoms. The summed E-state index contributed by atoms with van der Waals surface area (Å²) in [5.74, 6) is -1.49. The van der Waals surface area contributed by atoms with E-state index in [1.54, 1.807) is 6.07 Å². The third kappa shape index (κ3) is 2.32. The van der Waals surface area contributed by atoms with Crippen LogP contribution in [0.25, 0.3) is 5.69 Å². The first-order valence-corrected chi connectivity index (χ1v) is 5.34. The fourth-order valence-electron chi connectivity index (χ4n) is 1.63. The predicted molar refractivity (Wildman–Crippen MR) is 62.2 cm³/mol. The summed E-state index contributed by atoms with van der Waals surface area (Å²) >= 11 is 0. The average molecular weight is 250 g/mol. The number of para-hydroxylation sites is 1. The maximum absolute atomic E-state index is 13.5. The largest absolute Gasteiger partial charge is 0.481 e. The van der Waals surface area contributed by atoms with Gasteiger partial charge in [-0.2, -0.15) is 0 Å². The summed E-state index contributed by atoms with van der Waals surface area (Å²) in [7, 11) is 0. The number of aryl methyl sites for hydroxylation is 1. The molecule has 0 saturated carbocycles. The molecular weight excluding hydrogens is 239 g/mol. The Morgan fingerprint density at radius 1 is 1.28 bits per heavy atom. The molecular formula is C12H11FN2O3. The molecule has 0 saturated heterocycles. The number of carboxylic acids is 1. The molecule has 0 aliphatic heterocycles. The zero-order chi connectivity index (χ0) is 13.1. The number of rotatable bonds is 4. The quantitative estimate of drug-likeness (QED) is 0.888. The van der Waals surface area contributed by atoms with E-state index >= 15 is 0 Å². The SMILES string of the molecule is O=C(O)CCn1ccn(-c2ccccc2F)c1=O. The molecule has 0 atom stereocenters. The molecule has 94 valence electrons. The van der Waals surface area contributed by atoms with E-state index in [9.17, 15) is 14.0 Å². The van der Waals surface area contributed by atoms with E-state index in [4.69, 9.17) is 5.11 Å². The number of carbonyl (C=O) groups is 1. The highest BCUT2D eigenvalue weighted by Gasteiger charge is 2.09. The lowest BCUT2D eigenvalue weighted by atomic mass is 10.3. The summed E-state index contributed by atoms with van der Waals surface area (Å²) in [5.41, 5.74) is -0.307. The summed E-state index contributed by atoms with van der Waals surface area (Å²) in [6.45, 7) is 0.0651. The minimum Gasteiger partial charge on any atom is -0.481 e. The van der Waals surface area contributed by atoms with Crippen LogP contribution in [-0.4, -0.2) is 20.2 Å². The third-order valence-corrected chi connectivity index (χ3v) is 2.53. The van der Waals surface area contributed by atoms with E-state index in [0.29, 0.717) is 0 Å². The van der Waals surface area contributed by atoms with E-state index in [2.05, 4.69) is 0 Å². The highest BCUT2D eigenvalue weighted by atomic mass is 19.1. The summed E-state index contributed by atoms with van der Waals surface area (Å²) in [4.78, 5) is 22.3. The van der Waals surface area contributed by atoms with Gasteiger partial charge in [0, 0.05) is 18.9 Å². The first-order chi connectivity index (χ1) is 8.59. The van der Waals surface area contributed by atoms with Crippen molar-refractivity contribution < 1.29 is 14.3 Å². The average Bonchev–Trinajstić information content (AvgIpc) is 2.69. The van der Waals surface area contributed by atoms with Gasteiger partial charge in [-0.15, -0.1) is 0 Å². The van der Waals surface area contributed by atoms with Gasteiger partial charge in [-0.25, -0.2) is 9.18 Å². The van der Waals surface area contributed by atoms with Crippen molar-refractivity contribution in [1.82, 2.24) is 9.13 Å². The lowest BCUT2D eigenvalue weighted by Crippen LogP contribution is -2.24. The van der Waals surface area contributed by atoms with Crippen LogP contribution in [0.15, 0.2) is 41.5 Å². The number of hydrogen-bond acceptors (Lipinski definition) is 2. The summed E-state index contributed by atoms with van der Waals surface area (Å²) in [6.07, 6.45) is 2.71. The molecule has 18 heavy (non-hydrogen) atoms. The Morgan fingerprint density at radius 2 is 2.00 bits per heavy atom. The Hall–Kier alpha value is -2.37. The minimum absolute atomic E-state index is 0.0651. The van der Waals surface area contributed by atoms with Crippen LogP contribution in [0.4, 0.5) is 4.39 Å². The Bertz CT molecular complexity index is 630. The van der Waals surface area contributed by atoms with Gasteiger partial charge in [-0.1, -0.05) is 12.1 Å². The highest BCUT2D eigenvalue weighted by molar-refractivity contribution is 5.66. The Kier molecular flexibility index (Phi) is 3.27. The fraction of sp³-hybridized carbons (Fsp3) is 0.167. The molecule has 0 aliphatic carbocycles. The topological polar surface area (TPSA) is 64.2 Å². The molecule has 1 aromatic heterocycles. The number of aromatic nitrogens is 2. The van der Waals surface area contributed by atoms with Crippen LogP contribution >= 0.6 is 0 Å². The van der Waals surface area contributed by atoms with Crippen molar-refractivity contribution in [3.8, 4) is 5.69 Å². The number of imidazole rings is 1. The monoisotopic (exact) mass is 250 g/mol. The minimum atomic E-state index is -0.986. The van der Waals surface area contributed by atoms with Crippen LogP contribution in [0.5, 0.6) is 0 Å². The second-order valence-corrected chi connectivity index (χ2v) is 3.74. The second-order valence-electron chi connectivity index (χ2n) is 3.74. The van der Waals surface area contributed by atoms with Crippen molar-refractivity contribution in [2.75, 3.05) is 0 Å². The smallest absolute Gasteiger partial charge is 0.332 e. The van der Waals surface area contributed by atoms with Gasteiger partial charge in [0.25, 0.3) is 0 Å². The molecule has 0 spiro atoms. The molecule has 1 aromatic carbocycles. The van der Waals surface area contributed by atoms with Crippen molar-refractivity contribution >= 4 is 5.97 Å². The zero-order valence-corrected chi connectivity index (χ0v) is 9.41. The van der Waals surface area contributed by atoms with Crippen LogP contribution in [0, 0.1) is 5.82 Å². The number of nitrogens with zero attached hydrogens (tertiary/aromatic N) is 2. The third-order valence-electron chi connectivity index (χ3n) is 2.53. The van der Waals surface area contributed by atoms with Crippen LogP contribution in [0.3, 0.4) is 0 Å². The maximum atomic E-state index is 13.5. The molecule has 5 nitrogen and oxygen atoms in total. The fourth-order valence-corrected chi connectivity index (χ4v) is 1.63. The summed E-state index contributed by atoms with van der Waals surface area (Å²) in [6, 6.07) is 5.90. The van der Waals surface area contributed by atoms with E-state index < -0.39 is 17.5 Å². The zero-order valence-electron chi connectivity index (χ0n) is 9.41. The first-order valence-electron chi connectivity index (χ1n) is 5.34. The van der Waals surface area contributed by atoms with Gasteiger partial charge in [0.15, 0.2) is 0 Å². The van der Waals surface area contributed by atoms with Crippen molar-refractivity contribution in [3.05, 3.63) is 53.0 Å². The number of aliphatic carboxylic acids is 1. The molecule has 0 aliphatic rings. The number of carboxylic acid groups (broad SMARTS) is 1. The molecule has 1 N–H and O–H groups in total. The molecule has 0 fully saturated rings. The Morgan fingerprint density at radius 3 is 2.67 bits per heavy atom. The van der Waals surface area contributed by atoms with E-state index in [-0.39, 0.29) is 18.7 Å². The van der Waals surface area contributed by atoms with Crippen LogP contribution in [0.2, 0.25) is 0 Å². The molecule has 1 heterocycles. The molecule has 2 rings (SSSR count). The van der Waals surface area contributed by atoms with Crippen molar-refractivity contribution in [3.63, 3.8) is 0 Å². The lowest BCUT2D eigenvalue weighted by molar-refractivity contribution is -0.137. The molecule has 0 amide bonds. The van der Waals surface area contributed by atoms with Gasteiger partial charge in [0.1, 0.15) is 5.82 Å². The van der Waals surface area contributed by atoms with E-state index in [1.165, 1.54) is 35.2 Å². The molecule has 2 aromatic rings. The number of hydrogen-bond donors (Lipinski definition) is 1. The second kappa shape index (κ2) is 4.87. The Balaban J connectivity index is 2.34. The Labute approximate surface area is 102 Å². The summed E-state index contributed by atoms with van der Waals surface area (Å²) in [5, 5.41) is 8.55. The van der Waals surface area contributed by atoms with E-state index in [1.807, 2.05) is 0 Å². The normalized spacial score (nSPS) is 10.5. The molecule has 0 radical (unpaired) electrons. The molecule has 0 unspecified atom stereocenters.